The van der Waals surface area contributed by atoms with Crippen molar-refractivity contribution in [1.82, 2.24) is 9.97 Å². The van der Waals surface area contributed by atoms with Crippen LogP contribution >= 0.6 is 0 Å². The monoisotopic (exact) mass is 272 g/mol. The minimum atomic E-state index is 0.559. The van der Waals surface area contributed by atoms with Gasteiger partial charge in [-0.15, -0.1) is 0 Å². The lowest BCUT2D eigenvalue weighted by Gasteiger charge is -2.14. The van der Waals surface area contributed by atoms with E-state index in [9.17, 15) is 0 Å². The number of nitrogens with two attached hydrogens (primary N) is 1. The van der Waals surface area contributed by atoms with Crippen LogP contribution in [0.5, 0.6) is 11.6 Å². The number of rotatable bonds is 5. The lowest BCUT2D eigenvalue weighted by molar-refractivity contribution is 0.451. The summed E-state index contributed by atoms with van der Waals surface area (Å²) >= 11 is 0. The zero-order valence-electron chi connectivity index (χ0n) is 12.1. The Balaban J connectivity index is 2.39. The Bertz CT molecular complexity index is 598. The molecule has 0 unspecified atom stereocenters. The van der Waals surface area contributed by atoms with E-state index in [4.69, 9.17) is 10.6 Å². The maximum atomic E-state index is 5.97. The van der Waals surface area contributed by atoms with E-state index in [0.717, 1.165) is 35.3 Å². The van der Waals surface area contributed by atoms with Gasteiger partial charge in [0.2, 0.25) is 5.88 Å². The molecule has 0 saturated heterocycles. The molecule has 0 saturated carbocycles. The molecule has 5 heteroatoms. The van der Waals surface area contributed by atoms with Crippen molar-refractivity contribution in [3.8, 4) is 11.6 Å². The van der Waals surface area contributed by atoms with Gasteiger partial charge in [-0.3, -0.25) is 0 Å². The van der Waals surface area contributed by atoms with Crippen LogP contribution in [0.3, 0.4) is 0 Å². The van der Waals surface area contributed by atoms with E-state index in [-0.39, 0.29) is 0 Å². The lowest BCUT2D eigenvalue weighted by Crippen LogP contribution is -2.12. The Hall–Kier alpha value is -2.14. The second-order valence-electron chi connectivity index (χ2n) is 4.77. The first-order valence-corrected chi connectivity index (χ1v) is 6.71. The first-order chi connectivity index (χ1) is 9.65. The smallest absolute Gasteiger partial charge is 0.227 e. The second-order valence-corrected chi connectivity index (χ2v) is 4.77. The average molecular weight is 272 g/mol. The molecule has 0 fully saturated rings. The maximum Gasteiger partial charge on any atom is 0.227 e. The molecule has 1 aromatic heterocycles. The predicted octanol–water partition coefficient (Wildman–Crippen LogP) is 3.12. The number of aryl methyl sites for hydroxylation is 2. The molecule has 0 aliphatic rings. The third kappa shape index (κ3) is 3.05. The number of ether oxygens (including phenoxy) is 1. The average Bonchev–Trinajstić information content (AvgIpc) is 2.45. The van der Waals surface area contributed by atoms with Crippen molar-refractivity contribution < 1.29 is 4.74 Å². The fraction of sp³-hybridized carbons (Fsp3) is 0.333. The van der Waals surface area contributed by atoms with Crippen LogP contribution in [0.4, 0.5) is 5.82 Å². The molecule has 5 nitrogen and oxygen atoms in total. The molecule has 0 aliphatic carbocycles. The molecule has 0 spiro atoms. The van der Waals surface area contributed by atoms with Crippen molar-refractivity contribution >= 4 is 5.82 Å². The molecular weight excluding hydrogens is 252 g/mol. The number of benzene rings is 1. The molecule has 106 valence electrons. The molecule has 1 heterocycles. The van der Waals surface area contributed by atoms with E-state index in [1.807, 2.05) is 26.0 Å². The molecular formula is C15H20N4O. The first-order valence-electron chi connectivity index (χ1n) is 6.71. The highest BCUT2D eigenvalue weighted by Crippen LogP contribution is 2.30. The fourth-order valence-electron chi connectivity index (χ4n) is 2.01. The summed E-state index contributed by atoms with van der Waals surface area (Å²) in [6.07, 6.45) is 3.22. The number of nitrogens with one attached hydrogen (secondary N) is 1. The van der Waals surface area contributed by atoms with Crippen molar-refractivity contribution in [3.05, 3.63) is 41.2 Å². The van der Waals surface area contributed by atoms with Gasteiger partial charge in [0.05, 0.1) is 5.56 Å². The van der Waals surface area contributed by atoms with Crippen molar-refractivity contribution in [1.29, 1.82) is 0 Å². The van der Waals surface area contributed by atoms with Gasteiger partial charge in [-0.05, 0) is 37.5 Å². The van der Waals surface area contributed by atoms with Gasteiger partial charge < -0.3 is 10.2 Å². The van der Waals surface area contributed by atoms with Gasteiger partial charge in [0.25, 0.3) is 0 Å². The summed E-state index contributed by atoms with van der Waals surface area (Å²) < 4.78 is 5.97. The zero-order chi connectivity index (χ0) is 14.5. The molecule has 0 atom stereocenters. The number of nitrogen functional groups attached to an aromatic ring is 1. The zero-order valence-corrected chi connectivity index (χ0v) is 12.1. The summed E-state index contributed by atoms with van der Waals surface area (Å²) in [5.41, 5.74) is 5.72. The SMILES string of the molecule is CCCc1c(NN)ncnc1Oc1cc(C)ccc1C. The Morgan fingerprint density at radius 1 is 1.25 bits per heavy atom. The highest BCUT2D eigenvalue weighted by molar-refractivity contribution is 5.49. The van der Waals surface area contributed by atoms with Crippen LogP contribution in [0.2, 0.25) is 0 Å². The minimum absolute atomic E-state index is 0.559. The number of hydrazine groups is 1. The van der Waals surface area contributed by atoms with Gasteiger partial charge >= 0.3 is 0 Å². The molecule has 1 aromatic carbocycles. The van der Waals surface area contributed by atoms with Crippen LogP contribution in [-0.2, 0) is 6.42 Å². The summed E-state index contributed by atoms with van der Waals surface area (Å²) in [5, 5.41) is 0. The molecule has 3 N–H and O–H groups in total. The highest BCUT2D eigenvalue weighted by atomic mass is 16.5. The molecule has 20 heavy (non-hydrogen) atoms. The summed E-state index contributed by atoms with van der Waals surface area (Å²) in [5.74, 6) is 7.48. The largest absolute Gasteiger partial charge is 0.438 e. The summed E-state index contributed by atoms with van der Waals surface area (Å²) in [6, 6.07) is 6.10. The summed E-state index contributed by atoms with van der Waals surface area (Å²) in [4.78, 5) is 8.37. The van der Waals surface area contributed by atoms with Crippen LogP contribution in [0.25, 0.3) is 0 Å². The molecule has 0 amide bonds. The van der Waals surface area contributed by atoms with Crippen molar-refractivity contribution in [2.24, 2.45) is 5.84 Å². The van der Waals surface area contributed by atoms with Crippen LogP contribution in [0.1, 0.15) is 30.0 Å². The summed E-state index contributed by atoms with van der Waals surface area (Å²) in [6.45, 7) is 6.14. The Morgan fingerprint density at radius 2 is 2.05 bits per heavy atom. The molecule has 0 aliphatic heterocycles. The Labute approximate surface area is 119 Å². The topological polar surface area (TPSA) is 73.1 Å². The lowest BCUT2D eigenvalue weighted by atomic mass is 10.1. The van der Waals surface area contributed by atoms with Gasteiger partial charge in [-0.2, -0.15) is 0 Å². The number of anilines is 1. The van der Waals surface area contributed by atoms with Crippen molar-refractivity contribution in [2.45, 2.75) is 33.6 Å². The van der Waals surface area contributed by atoms with E-state index in [1.54, 1.807) is 0 Å². The number of aromatic nitrogens is 2. The van der Waals surface area contributed by atoms with Crippen LogP contribution in [0.15, 0.2) is 24.5 Å². The number of hydrogen-bond donors (Lipinski definition) is 2. The highest BCUT2D eigenvalue weighted by Gasteiger charge is 2.13. The second kappa shape index (κ2) is 6.34. The Kier molecular flexibility index (Phi) is 4.53. The van der Waals surface area contributed by atoms with Crippen LogP contribution < -0.4 is 16.0 Å². The van der Waals surface area contributed by atoms with E-state index in [0.29, 0.717) is 11.7 Å². The predicted molar refractivity (Wildman–Crippen MR) is 79.8 cm³/mol. The molecule has 0 radical (unpaired) electrons. The molecule has 0 bridgehead atoms. The van der Waals surface area contributed by atoms with Crippen molar-refractivity contribution in [3.63, 3.8) is 0 Å². The van der Waals surface area contributed by atoms with E-state index >= 15 is 0 Å². The van der Waals surface area contributed by atoms with Gasteiger partial charge in [-0.1, -0.05) is 25.5 Å². The fourth-order valence-corrected chi connectivity index (χ4v) is 2.01. The first kappa shape index (κ1) is 14.3. The van der Waals surface area contributed by atoms with Crippen LogP contribution in [-0.4, -0.2) is 9.97 Å². The molecule has 2 aromatic rings. The third-order valence-corrected chi connectivity index (χ3v) is 3.09. The van der Waals surface area contributed by atoms with Crippen LogP contribution in [0, 0.1) is 13.8 Å². The van der Waals surface area contributed by atoms with E-state index < -0.39 is 0 Å². The minimum Gasteiger partial charge on any atom is -0.438 e. The third-order valence-electron chi connectivity index (χ3n) is 3.09. The standard InChI is InChI=1S/C15H20N4O/c1-4-5-12-14(19-16)17-9-18-15(12)20-13-8-10(2)6-7-11(13)3/h6-9H,4-5,16H2,1-3H3,(H,17,18,19). The van der Waals surface area contributed by atoms with Gasteiger partial charge in [0, 0.05) is 0 Å². The normalized spacial score (nSPS) is 10.4. The van der Waals surface area contributed by atoms with Gasteiger partial charge in [0.1, 0.15) is 17.9 Å². The number of hydrogen-bond acceptors (Lipinski definition) is 5. The quantitative estimate of drug-likeness (QED) is 0.646. The van der Waals surface area contributed by atoms with Gasteiger partial charge in [-0.25, -0.2) is 15.8 Å². The van der Waals surface area contributed by atoms with E-state index in [2.05, 4.69) is 28.4 Å². The van der Waals surface area contributed by atoms with Gasteiger partial charge in [0.15, 0.2) is 0 Å². The maximum absolute atomic E-state index is 5.97. The molecule has 2 rings (SSSR count). The van der Waals surface area contributed by atoms with Crippen molar-refractivity contribution in [2.75, 3.05) is 5.43 Å². The summed E-state index contributed by atoms with van der Waals surface area (Å²) in [7, 11) is 0. The van der Waals surface area contributed by atoms with E-state index in [1.165, 1.54) is 6.33 Å². The number of nitrogens with zero attached hydrogens (tertiary/aromatic N) is 2. The Morgan fingerprint density at radius 3 is 2.75 bits per heavy atom.